The Bertz CT molecular complexity index is 1260. The lowest BCUT2D eigenvalue weighted by atomic mass is 9.91. The maximum atomic E-state index is 13.7. The summed E-state index contributed by atoms with van der Waals surface area (Å²) in [6.45, 7) is 7.48. The van der Waals surface area contributed by atoms with E-state index in [-0.39, 0.29) is 11.9 Å². The second-order valence-corrected chi connectivity index (χ2v) is 8.67. The lowest BCUT2D eigenvalue weighted by molar-refractivity contribution is 0.588. The first kappa shape index (κ1) is 21.6. The van der Waals surface area contributed by atoms with Crippen LogP contribution in [0.4, 0.5) is 10.2 Å². The van der Waals surface area contributed by atoms with Gasteiger partial charge in [0.1, 0.15) is 23.0 Å². The Balaban J connectivity index is 1.68. The summed E-state index contributed by atoms with van der Waals surface area (Å²) in [6, 6.07) is 12.6. The molecule has 4 rings (SSSR count). The van der Waals surface area contributed by atoms with Crippen molar-refractivity contribution < 1.29 is 4.39 Å². The molecule has 32 heavy (non-hydrogen) atoms. The Morgan fingerprint density at radius 1 is 1.16 bits per heavy atom. The van der Waals surface area contributed by atoms with E-state index in [1.807, 2.05) is 50.3 Å². The third-order valence-electron chi connectivity index (χ3n) is 5.76. The summed E-state index contributed by atoms with van der Waals surface area (Å²) >= 11 is 0. The molecule has 0 amide bonds. The van der Waals surface area contributed by atoms with Gasteiger partial charge in [-0.1, -0.05) is 29.5 Å². The predicted molar refractivity (Wildman–Crippen MR) is 127 cm³/mol. The molecule has 0 spiro atoms. The molecule has 0 radical (unpaired) electrons. The van der Waals surface area contributed by atoms with Crippen molar-refractivity contribution in [1.29, 1.82) is 0 Å². The fraction of sp³-hybridized carbons (Fsp3) is 0.240. The van der Waals surface area contributed by atoms with Crippen molar-refractivity contribution in [2.24, 2.45) is 11.0 Å². The molecule has 1 atom stereocenters. The molecule has 1 aromatic heterocycles. The summed E-state index contributed by atoms with van der Waals surface area (Å²) in [6.07, 6.45) is 5.54. The van der Waals surface area contributed by atoms with Gasteiger partial charge in [0.05, 0.1) is 0 Å². The molecule has 0 saturated heterocycles. The van der Waals surface area contributed by atoms with Gasteiger partial charge in [0.2, 0.25) is 0 Å². The molecule has 1 aliphatic heterocycles. The van der Waals surface area contributed by atoms with Crippen LogP contribution in [-0.4, -0.2) is 16.6 Å². The Morgan fingerprint density at radius 3 is 2.69 bits per heavy atom. The van der Waals surface area contributed by atoms with E-state index in [1.54, 1.807) is 32.2 Å². The van der Waals surface area contributed by atoms with Crippen molar-refractivity contribution in [2.45, 2.75) is 39.3 Å². The van der Waals surface area contributed by atoms with Gasteiger partial charge in [-0.3, -0.25) is 0 Å². The highest BCUT2D eigenvalue weighted by atomic mass is 19.1. The van der Waals surface area contributed by atoms with Crippen molar-refractivity contribution in [1.82, 2.24) is 10.3 Å². The van der Waals surface area contributed by atoms with Crippen molar-refractivity contribution in [3.63, 3.8) is 0 Å². The molecule has 0 saturated carbocycles. The Hall–Kier alpha value is -3.58. The van der Waals surface area contributed by atoms with Crippen molar-refractivity contribution in [3.8, 4) is 11.1 Å². The van der Waals surface area contributed by atoms with E-state index in [0.717, 1.165) is 33.0 Å². The second-order valence-electron chi connectivity index (χ2n) is 8.67. The number of nitrogens with two attached hydrogens (primary N) is 1. The number of fused-ring (bicyclic) bond motifs is 1. The summed E-state index contributed by atoms with van der Waals surface area (Å²) in [4.78, 5) is 15.8. The average Bonchev–Trinajstić information content (AvgIpc) is 2.79. The molecule has 1 aliphatic rings. The highest BCUT2D eigenvalue weighted by Gasteiger charge is 2.27. The largest absolute Gasteiger partial charge is 0.364 e. The van der Waals surface area contributed by atoms with Crippen LogP contribution in [0.1, 0.15) is 26.3 Å². The van der Waals surface area contributed by atoms with Crippen LogP contribution in [0.2, 0.25) is 0 Å². The van der Waals surface area contributed by atoms with E-state index in [0.29, 0.717) is 11.6 Å². The number of rotatable bonds is 5. The zero-order valence-electron chi connectivity index (χ0n) is 18.6. The smallest absolute Gasteiger partial charge is 0.149 e. The molecular formula is C25H26FN5O. The lowest BCUT2D eigenvalue weighted by Crippen LogP contribution is -2.43. The van der Waals surface area contributed by atoms with Gasteiger partial charge in [0, 0.05) is 17.6 Å². The number of anilines is 1. The number of aryl methyl sites for hydroxylation is 1. The molecule has 6 nitrogen and oxygen atoms in total. The number of benzene rings is 2. The van der Waals surface area contributed by atoms with E-state index in [9.17, 15) is 9.30 Å². The molecule has 0 aliphatic carbocycles. The minimum Gasteiger partial charge on any atom is -0.364 e. The van der Waals surface area contributed by atoms with Gasteiger partial charge in [-0.2, -0.15) is 0 Å². The fourth-order valence-electron chi connectivity index (χ4n) is 3.81. The van der Waals surface area contributed by atoms with Crippen molar-refractivity contribution >= 4 is 16.6 Å². The van der Waals surface area contributed by atoms with Gasteiger partial charge in [0.25, 0.3) is 0 Å². The Labute approximate surface area is 186 Å². The van der Waals surface area contributed by atoms with Crippen molar-refractivity contribution in [3.05, 3.63) is 88.5 Å². The minimum absolute atomic E-state index is 0.0189. The molecule has 2 heterocycles. The second kappa shape index (κ2) is 8.16. The first-order chi connectivity index (χ1) is 15.2. The number of hydrazine groups is 1. The molecule has 0 fully saturated rings. The van der Waals surface area contributed by atoms with Gasteiger partial charge < -0.3 is 5.32 Å². The topological polar surface area (TPSA) is 83.6 Å². The molecule has 7 heteroatoms. The lowest BCUT2D eigenvalue weighted by Gasteiger charge is -2.31. The Morgan fingerprint density at radius 2 is 1.94 bits per heavy atom. The summed E-state index contributed by atoms with van der Waals surface area (Å²) < 4.78 is 13.7. The van der Waals surface area contributed by atoms with Gasteiger partial charge in [0.15, 0.2) is 0 Å². The highest BCUT2D eigenvalue weighted by molar-refractivity contribution is 5.89. The molecule has 1 unspecified atom stereocenters. The number of dihydropyridines is 1. The minimum atomic E-state index is -0.856. The summed E-state index contributed by atoms with van der Waals surface area (Å²) in [5, 5.41) is 9.89. The molecule has 0 bridgehead atoms. The summed E-state index contributed by atoms with van der Waals surface area (Å²) in [5.74, 6) is 7.31. The first-order valence-corrected chi connectivity index (χ1v) is 10.4. The van der Waals surface area contributed by atoms with Crippen LogP contribution in [0.3, 0.4) is 0 Å². The molecule has 2 aromatic carbocycles. The van der Waals surface area contributed by atoms with E-state index >= 15 is 0 Å². The quantitative estimate of drug-likeness (QED) is 0.324. The third-order valence-corrected chi connectivity index (χ3v) is 5.76. The molecule has 164 valence electrons. The molecular weight excluding hydrogens is 405 g/mol. The standard InChI is InChI=1S/C25H26FN5O/c1-15-5-8-21(26)13-22(15)18-7-6-17-11-23(28-14-19(17)10-18)31(27)24-12-20(9-16(2)29-24)25(3,4)30-32/h5-14,16,29H,27H2,1-4H3. The number of nitroso groups, excluding NO2 is 1. The first-order valence-electron chi connectivity index (χ1n) is 10.4. The third kappa shape index (κ3) is 4.11. The Kier molecular flexibility index (Phi) is 5.52. The van der Waals surface area contributed by atoms with E-state index in [2.05, 4.69) is 15.5 Å². The van der Waals surface area contributed by atoms with Crippen LogP contribution in [0.15, 0.2) is 77.4 Å². The van der Waals surface area contributed by atoms with Crippen LogP contribution in [0.5, 0.6) is 0 Å². The zero-order valence-corrected chi connectivity index (χ0v) is 18.6. The SMILES string of the molecule is Cc1ccc(F)cc1-c1ccc2cc(N(N)C3=CC(C(C)(C)N=O)=CC(C)N3)ncc2c1. The maximum absolute atomic E-state index is 13.7. The summed E-state index contributed by atoms with van der Waals surface area (Å²) in [7, 11) is 0. The number of halogens is 1. The number of aromatic nitrogens is 1. The van der Waals surface area contributed by atoms with Crippen LogP contribution < -0.4 is 16.2 Å². The van der Waals surface area contributed by atoms with Crippen LogP contribution in [0, 0.1) is 17.6 Å². The van der Waals surface area contributed by atoms with Gasteiger partial charge in [-0.15, -0.1) is 4.91 Å². The fourth-order valence-corrected chi connectivity index (χ4v) is 3.81. The van der Waals surface area contributed by atoms with Crippen LogP contribution in [0.25, 0.3) is 21.9 Å². The number of hydrogen-bond acceptors (Lipinski definition) is 6. The molecule has 3 aromatic rings. The summed E-state index contributed by atoms with van der Waals surface area (Å²) in [5.41, 5.74) is 2.72. The average molecular weight is 432 g/mol. The van der Waals surface area contributed by atoms with Crippen molar-refractivity contribution in [2.75, 3.05) is 5.01 Å². The maximum Gasteiger partial charge on any atom is 0.149 e. The number of nitrogens with one attached hydrogen (secondary N) is 1. The number of nitrogens with zero attached hydrogens (tertiary/aromatic N) is 3. The predicted octanol–water partition coefficient (Wildman–Crippen LogP) is 5.33. The zero-order chi connectivity index (χ0) is 23.0. The van der Waals surface area contributed by atoms with E-state index in [4.69, 9.17) is 5.84 Å². The van der Waals surface area contributed by atoms with Crippen LogP contribution >= 0.6 is 0 Å². The molecule has 3 N–H and O–H groups in total. The van der Waals surface area contributed by atoms with E-state index in [1.165, 1.54) is 11.1 Å². The monoisotopic (exact) mass is 431 g/mol. The van der Waals surface area contributed by atoms with Gasteiger partial charge >= 0.3 is 0 Å². The van der Waals surface area contributed by atoms with E-state index < -0.39 is 5.54 Å². The highest BCUT2D eigenvalue weighted by Crippen LogP contribution is 2.30. The normalized spacial score (nSPS) is 16.2. The number of pyridine rings is 1. The number of hydrogen-bond donors (Lipinski definition) is 2. The van der Waals surface area contributed by atoms with Gasteiger partial charge in [-0.25, -0.2) is 20.2 Å². The van der Waals surface area contributed by atoms with Crippen LogP contribution in [-0.2, 0) is 0 Å². The van der Waals surface area contributed by atoms with Gasteiger partial charge in [-0.05, 0) is 85.7 Å².